The summed E-state index contributed by atoms with van der Waals surface area (Å²) in [6.07, 6.45) is 1.36. The van der Waals surface area contributed by atoms with Crippen molar-refractivity contribution in [2.75, 3.05) is 7.11 Å². The van der Waals surface area contributed by atoms with E-state index in [0.717, 1.165) is 0 Å². The van der Waals surface area contributed by atoms with Crippen molar-refractivity contribution in [1.29, 1.82) is 0 Å². The molecular formula is C12H9FN2O3. The van der Waals surface area contributed by atoms with E-state index in [9.17, 15) is 14.5 Å². The van der Waals surface area contributed by atoms with E-state index in [4.69, 9.17) is 4.74 Å². The highest BCUT2D eigenvalue weighted by molar-refractivity contribution is 5.65. The van der Waals surface area contributed by atoms with Crippen LogP contribution in [-0.4, -0.2) is 17.0 Å². The topological polar surface area (TPSA) is 65.3 Å². The smallest absolute Gasteiger partial charge is 0.406 e. The van der Waals surface area contributed by atoms with Gasteiger partial charge in [0.25, 0.3) is 0 Å². The monoisotopic (exact) mass is 248 g/mol. The van der Waals surface area contributed by atoms with E-state index < -0.39 is 4.92 Å². The maximum atomic E-state index is 12.8. The minimum atomic E-state index is -0.618. The van der Waals surface area contributed by atoms with Crippen LogP contribution in [0.15, 0.2) is 36.5 Å². The van der Waals surface area contributed by atoms with E-state index in [-0.39, 0.29) is 17.4 Å². The van der Waals surface area contributed by atoms with E-state index in [2.05, 4.69) is 4.98 Å². The zero-order valence-electron chi connectivity index (χ0n) is 9.46. The van der Waals surface area contributed by atoms with Gasteiger partial charge in [-0.15, -0.1) is 0 Å². The molecule has 0 aliphatic carbocycles. The highest BCUT2D eigenvalue weighted by Gasteiger charge is 2.17. The van der Waals surface area contributed by atoms with Crippen LogP contribution in [0.2, 0.25) is 0 Å². The van der Waals surface area contributed by atoms with Gasteiger partial charge in [0.05, 0.1) is 7.11 Å². The highest BCUT2D eigenvalue weighted by atomic mass is 19.1. The second kappa shape index (κ2) is 4.79. The van der Waals surface area contributed by atoms with E-state index in [0.29, 0.717) is 11.1 Å². The number of methoxy groups -OCH3 is 1. The van der Waals surface area contributed by atoms with Gasteiger partial charge in [0, 0.05) is 11.6 Å². The van der Waals surface area contributed by atoms with Crippen LogP contribution in [0.5, 0.6) is 5.75 Å². The number of halogens is 1. The van der Waals surface area contributed by atoms with Gasteiger partial charge >= 0.3 is 5.82 Å². The van der Waals surface area contributed by atoms with Crippen molar-refractivity contribution < 1.29 is 14.1 Å². The van der Waals surface area contributed by atoms with Crippen LogP contribution in [-0.2, 0) is 0 Å². The average molecular weight is 248 g/mol. The van der Waals surface area contributed by atoms with Crippen molar-refractivity contribution in [2.45, 2.75) is 0 Å². The fourth-order valence-corrected chi connectivity index (χ4v) is 1.52. The Balaban J connectivity index is 2.47. The van der Waals surface area contributed by atoms with E-state index in [1.165, 1.54) is 31.5 Å². The highest BCUT2D eigenvalue weighted by Crippen LogP contribution is 2.29. The van der Waals surface area contributed by atoms with Crippen molar-refractivity contribution in [3.63, 3.8) is 0 Å². The molecule has 0 aliphatic heterocycles. The lowest BCUT2D eigenvalue weighted by atomic mass is 10.1. The normalized spacial score (nSPS) is 10.1. The molecule has 0 radical (unpaired) electrons. The molecule has 0 atom stereocenters. The molecule has 5 nitrogen and oxygen atoms in total. The van der Waals surface area contributed by atoms with Crippen molar-refractivity contribution in [2.24, 2.45) is 0 Å². The SMILES string of the molecule is COc1cc(-c2ccc(F)cc2)cnc1[N+](=O)[O-]. The van der Waals surface area contributed by atoms with Crippen LogP contribution in [0.1, 0.15) is 0 Å². The summed E-state index contributed by atoms with van der Waals surface area (Å²) in [7, 11) is 1.33. The van der Waals surface area contributed by atoms with Crippen LogP contribution < -0.4 is 4.74 Å². The van der Waals surface area contributed by atoms with Crippen LogP contribution in [0, 0.1) is 15.9 Å². The molecule has 92 valence electrons. The molecule has 2 aromatic rings. The first-order chi connectivity index (χ1) is 8.61. The number of hydrogen-bond donors (Lipinski definition) is 0. The van der Waals surface area contributed by atoms with Gasteiger partial charge in [-0.3, -0.25) is 0 Å². The number of rotatable bonds is 3. The van der Waals surface area contributed by atoms with Gasteiger partial charge in [-0.05, 0) is 27.6 Å². The molecule has 1 aromatic carbocycles. The number of nitrogens with zero attached hydrogens (tertiary/aromatic N) is 2. The van der Waals surface area contributed by atoms with Gasteiger partial charge in [0.2, 0.25) is 5.75 Å². The lowest BCUT2D eigenvalue weighted by Crippen LogP contribution is -1.97. The molecule has 0 unspecified atom stereocenters. The number of hydrogen-bond acceptors (Lipinski definition) is 4. The Labute approximate surface area is 102 Å². The largest absolute Gasteiger partial charge is 0.489 e. The molecule has 0 fully saturated rings. The molecule has 0 spiro atoms. The summed E-state index contributed by atoms with van der Waals surface area (Å²) in [6.45, 7) is 0. The summed E-state index contributed by atoms with van der Waals surface area (Å²) >= 11 is 0. The quantitative estimate of drug-likeness (QED) is 0.618. The maximum Gasteiger partial charge on any atom is 0.406 e. The minimum absolute atomic E-state index is 0.0711. The Kier molecular flexibility index (Phi) is 3.18. The molecule has 1 heterocycles. The lowest BCUT2D eigenvalue weighted by molar-refractivity contribution is -0.390. The van der Waals surface area contributed by atoms with Crippen LogP contribution >= 0.6 is 0 Å². The van der Waals surface area contributed by atoms with Gasteiger partial charge < -0.3 is 14.9 Å². The standard InChI is InChI=1S/C12H9FN2O3/c1-18-11-6-9(7-14-12(11)15(16)17)8-2-4-10(13)5-3-8/h2-7H,1H3. The first kappa shape index (κ1) is 12.0. The molecule has 0 saturated carbocycles. The number of nitro groups is 1. The second-order valence-electron chi connectivity index (χ2n) is 3.51. The molecule has 0 N–H and O–H groups in total. The molecule has 0 saturated heterocycles. The fraction of sp³-hybridized carbons (Fsp3) is 0.0833. The first-order valence-electron chi connectivity index (χ1n) is 5.06. The summed E-state index contributed by atoms with van der Waals surface area (Å²) < 4.78 is 17.7. The van der Waals surface area contributed by atoms with Crippen LogP contribution in [0.3, 0.4) is 0 Å². The zero-order chi connectivity index (χ0) is 13.1. The third kappa shape index (κ3) is 2.27. The molecule has 0 amide bonds. The first-order valence-corrected chi connectivity index (χ1v) is 5.06. The van der Waals surface area contributed by atoms with Gasteiger partial charge in [-0.2, -0.15) is 0 Å². The molecule has 1 aromatic heterocycles. The lowest BCUT2D eigenvalue weighted by Gasteiger charge is -2.04. The predicted octanol–water partition coefficient (Wildman–Crippen LogP) is 2.80. The number of aromatic nitrogens is 1. The Morgan fingerprint density at radius 2 is 1.94 bits per heavy atom. The van der Waals surface area contributed by atoms with Gasteiger partial charge in [0.15, 0.2) is 0 Å². The summed E-state index contributed by atoms with van der Waals surface area (Å²) in [4.78, 5) is 13.8. The maximum absolute atomic E-state index is 12.8. The van der Waals surface area contributed by atoms with E-state index in [1.807, 2.05) is 0 Å². The predicted molar refractivity (Wildman–Crippen MR) is 62.8 cm³/mol. The molecule has 2 rings (SSSR count). The molecule has 6 heteroatoms. The number of pyridine rings is 1. The zero-order valence-corrected chi connectivity index (χ0v) is 9.46. The van der Waals surface area contributed by atoms with Gasteiger partial charge in [-0.25, -0.2) is 4.39 Å². The Hall–Kier alpha value is -2.50. The third-order valence-corrected chi connectivity index (χ3v) is 2.40. The second-order valence-corrected chi connectivity index (χ2v) is 3.51. The number of ether oxygens (including phenoxy) is 1. The van der Waals surface area contributed by atoms with E-state index >= 15 is 0 Å². The molecular weight excluding hydrogens is 239 g/mol. The van der Waals surface area contributed by atoms with Crippen LogP contribution in [0.4, 0.5) is 10.2 Å². The van der Waals surface area contributed by atoms with E-state index in [1.54, 1.807) is 12.1 Å². The van der Waals surface area contributed by atoms with Crippen molar-refractivity contribution in [3.8, 4) is 16.9 Å². The Bertz CT molecular complexity index is 584. The van der Waals surface area contributed by atoms with Crippen molar-refractivity contribution in [3.05, 3.63) is 52.5 Å². The molecule has 18 heavy (non-hydrogen) atoms. The van der Waals surface area contributed by atoms with Crippen molar-refractivity contribution >= 4 is 5.82 Å². The summed E-state index contributed by atoms with van der Waals surface area (Å²) in [6, 6.07) is 7.25. The summed E-state index contributed by atoms with van der Waals surface area (Å²) in [5.74, 6) is -0.620. The van der Waals surface area contributed by atoms with Gasteiger partial charge in [0.1, 0.15) is 12.0 Å². The minimum Gasteiger partial charge on any atom is -0.489 e. The fourth-order valence-electron chi connectivity index (χ4n) is 1.52. The Morgan fingerprint density at radius 3 is 2.50 bits per heavy atom. The third-order valence-electron chi connectivity index (χ3n) is 2.40. The number of benzene rings is 1. The van der Waals surface area contributed by atoms with Crippen molar-refractivity contribution in [1.82, 2.24) is 4.98 Å². The average Bonchev–Trinajstić information content (AvgIpc) is 2.38. The Morgan fingerprint density at radius 1 is 1.28 bits per heavy atom. The van der Waals surface area contributed by atoms with Gasteiger partial charge in [-0.1, -0.05) is 12.1 Å². The molecule has 0 bridgehead atoms. The van der Waals surface area contributed by atoms with Crippen LogP contribution in [0.25, 0.3) is 11.1 Å². The summed E-state index contributed by atoms with van der Waals surface area (Å²) in [5.41, 5.74) is 1.33. The molecule has 0 aliphatic rings. The summed E-state index contributed by atoms with van der Waals surface area (Å²) in [5, 5.41) is 10.7.